The van der Waals surface area contributed by atoms with Crippen LogP contribution in [0.2, 0.25) is 0 Å². The standard InChI is InChI=1S/C32H41F3N2O3/c1-32(31(38)39,24-9-10-24)37-19-23(28(20-37)22-6-4-7-25(33)15-22)18-36-13-11-21(12-14-36)5-3-8-27-29(35)16-26(34)17-30(27)40-2/h4,6-7,15-17,21,23-24,28H,3,5,8-14,18-20H2,1-2H3,(H,38,39). The molecule has 3 unspecified atom stereocenters. The second-order valence-corrected chi connectivity index (χ2v) is 12.3. The van der Waals surface area contributed by atoms with Gasteiger partial charge >= 0.3 is 5.97 Å². The maximum atomic E-state index is 14.3. The quantitative estimate of drug-likeness (QED) is 0.360. The number of aliphatic carboxylic acids is 1. The average molecular weight is 559 g/mol. The maximum absolute atomic E-state index is 14.3. The monoisotopic (exact) mass is 558 g/mol. The van der Waals surface area contributed by atoms with Crippen LogP contribution in [0.1, 0.15) is 62.5 Å². The molecule has 40 heavy (non-hydrogen) atoms. The van der Waals surface area contributed by atoms with Crippen molar-refractivity contribution in [2.75, 3.05) is 39.8 Å². The number of ether oxygens (including phenoxy) is 1. The lowest BCUT2D eigenvalue weighted by molar-refractivity contribution is -0.151. The minimum Gasteiger partial charge on any atom is -0.496 e. The zero-order chi connectivity index (χ0) is 28.4. The lowest BCUT2D eigenvalue weighted by Crippen LogP contribution is -2.53. The first-order valence-corrected chi connectivity index (χ1v) is 14.7. The summed E-state index contributed by atoms with van der Waals surface area (Å²) in [5, 5.41) is 10.2. The van der Waals surface area contributed by atoms with Crippen molar-refractivity contribution >= 4 is 5.97 Å². The summed E-state index contributed by atoms with van der Waals surface area (Å²) in [7, 11) is 1.43. The Bertz CT molecular complexity index is 1200. The fraction of sp³-hybridized carbons (Fsp3) is 0.594. The van der Waals surface area contributed by atoms with Gasteiger partial charge < -0.3 is 14.7 Å². The smallest absolute Gasteiger partial charge is 0.324 e. The second-order valence-electron chi connectivity index (χ2n) is 12.3. The molecule has 5 nitrogen and oxygen atoms in total. The van der Waals surface area contributed by atoms with Crippen molar-refractivity contribution in [3.05, 3.63) is 65.0 Å². The number of likely N-dealkylation sites (tertiary alicyclic amines) is 2. The molecule has 2 saturated heterocycles. The number of hydrogen-bond donors (Lipinski definition) is 1. The number of hydrogen-bond acceptors (Lipinski definition) is 4. The summed E-state index contributed by atoms with van der Waals surface area (Å²) in [6.07, 6.45) is 6.32. The number of carboxylic acid groups (broad SMARTS) is 1. The maximum Gasteiger partial charge on any atom is 0.324 e. The highest BCUT2D eigenvalue weighted by molar-refractivity contribution is 5.79. The first-order valence-electron chi connectivity index (χ1n) is 14.7. The summed E-state index contributed by atoms with van der Waals surface area (Å²) in [5.41, 5.74) is 0.518. The molecule has 0 bridgehead atoms. The lowest BCUT2D eigenvalue weighted by atomic mass is 9.86. The van der Waals surface area contributed by atoms with E-state index in [9.17, 15) is 23.1 Å². The molecular formula is C32H41F3N2O3. The molecular weight excluding hydrogens is 517 g/mol. The zero-order valence-corrected chi connectivity index (χ0v) is 23.6. The van der Waals surface area contributed by atoms with Crippen LogP contribution in [0.15, 0.2) is 36.4 Å². The molecule has 3 fully saturated rings. The molecule has 5 rings (SSSR count). The number of rotatable bonds is 11. The minimum absolute atomic E-state index is 0.0893. The van der Waals surface area contributed by atoms with Crippen LogP contribution in [0.4, 0.5) is 13.2 Å². The van der Waals surface area contributed by atoms with E-state index in [2.05, 4.69) is 9.80 Å². The number of benzene rings is 2. The highest BCUT2D eigenvalue weighted by Gasteiger charge is 2.54. The molecule has 2 aromatic rings. The van der Waals surface area contributed by atoms with Crippen LogP contribution in [0.5, 0.6) is 5.75 Å². The van der Waals surface area contributed by atoms with Crippen LogP contribution in [0.3, 0.4) is 0 Å². The fourth-order valence-corrected chi connectivity index (χ4v) is 7.13. The molecule has 2 aromatic carbocycles. The van der Waals surface area contributed by atoms with Crippen LogP contribution >= 0.6 is 0 Å². The van der Waals surface area contributed by atoms with Crippen LogP contribution in [0, 0.1) is 35.2 Å². The lowest BCUT2D eigenvalue weighted by Gasteiger charge is -2.36. The van der Waals surface area contributed by atoms with Crippen molar-refractivity contribution in [1.82, 2.24) is 9.80 Å². The third kappa shape index (κ3) is 6.18. The summed E-state index contributed by atoms with van der Waals surface area (Å²) >= 11 is 0. The third-order valence-corrected chi connectivity index (χ3v) is 9.76. The van der Waals surface area contributed by atoms with Gasteiger partial charge in [-0.15, -0.1) is 0 Å². The van der Waals surface area contributed by atoms with Gasteiger partial charge in [0.1, 0.15) is 28.7 Å². The van der Waals surface area contributed by atoms with E-state index in [4.69, 9.17) is 4.74 Å². The molecule has 1 N–H and O–H groups in total. The van der Waals surface area contributed by atoms with Crippen LogP contribution in [0.25, 0.3) is 0 Å². The molecule has 218 valence electrons. The number of piperidine rings is 1. The Kier molecular flexibility index (Phi) is 8.76. The van der Waals surface area contributed by atoms with E-state index < -0.39 is 23.1 Å². The average Bonchev–Trinajstić information content (AvgIpc) is 3.70. The van der Waals surface area contributed by atoms with Gasteiger partial charge in [0.15, 0.2) is 0 Å². The Hall–Kier alpha value is -2.58. The van der Waals surface area contributed by atoms with E-state index in [1.807, 2.05) is 13.0 Å². The summed E-state index contributed by atoms with van der Waals surface area (Å²) in [6.45, 7) is 5.99. The third-order valence-electron chi connectivity index (χ3n) is 9.76. The zero-order valence-electron chi connectivity index (χ0n) is 23.6. The van der Waals surface area contributed by atoms with Gasteiger partial charge in [0.25, 0.3) is 0 Å². The van der Waals surface area contributed by atoms with E-state index in [-0.39, 0.29) is 29.3 Å². The van der Waals surface area contributed by atoms with Crippen molar-refractivity contribution in [2.24, 2.45) is 17.8 Å². The topological polar surface area (TPSA) is 53.0 Å². The summed E-state index contributed by atoms with van der Waals surface area (Å²) in [5.74, 6) is -0.875. The molecule has 2 heterocycles. The van der Waals surface area contributed by atoms with E-state index in [0.717, 1.165) is 69.8 Å². The van der Waals surface area contributed by atoms with E-state index >= 15 is 0 Å². The minimum atomic E-state index is -0.875. The second kappa shape index (κ2) is 12.1. The normalized spacial score (nSPS) is 24.2. The van der Waals surface area contributed by atoms with Crippen molar-refractivity contribution in [1.29, 1.82) is 0 Å². The Labute approximate surface area is 235 Å². The van der Waals surface area contributed by atoms with Crippen LogP contribution in [-0.2, 0) is 11.2 Å². The van der Waals surface area contributed by atoms with Gasteiger partial charge in [0.2, 0.25) is 0 Å². The molecule has 1 aliphatic carbocycles. The molecule has 1 saturated carbocycles. The predicted molar refractivity (Wildman–Crippen MR) is 148 cm³/mol. The molecule has 0 amide bonds. The van der Waals surface area contributed by atoms with Gasteiger partial charge in [-0.3, -0.25) is 9.69 Å². The van der Waals surface area contributed by atoms with Crippen molar-refractivity contribution in [2.45, 2.75) is 63.3 Å². The van der Waals surface area contributed by atoms with Crippen LogP contribution in [-0.4, -0.2) is 66.2 Å². The molecule has 0 spiro atoms. The number of methoxy groups -OCH3 is 1. The molecule has 3 aliphatic rings. The van der Waals surface area contributed by atoms with Crippen molar-refractivity contribution in [3.63, 3.8) is 0 Å². The molecule has 2 aliphatic heterocycles. The van der Waals surface area contributed by atoms with E-state index in [1.54, 1.807) is 12.1 Å². The van der Waals surface area contributed by atoms with E-state index in [0.29, 0.717) is 31.0 Å². The Balaban J connectivity index is 1.18. The number of carboxylic acids is 1. The number of nitrogens with zero attached hydrogens (tertiary/aromatic N) is 2. The predicted octanol–water partition coefficient (Wildman–Crippen LogP) is 6.12. The fourth-order valence-electron chi connectivity index (χ4n) is 7.13. The molecule has 0 radical (unpaired) electrons. The van der Waals surface area contributed by atoms with Gasteiger partial charge in [-0.25, -0.2) is 13.2 Å². The molecule has 0 aromatic heterocycles. The van der Waals surface area contributed by atoms with Gasteiger partial charge in [-0.05, 0) is 94.0 Å². The Morgan fingerprint density at radius 2 is 1.80 bits per heavy atom. The van der Waals surface area contributed by atoms with E-state index in [1.165, 1.54) is 19.2 Å². The number of carbonyl (C=O) groups is 1. The number of halogens is 3. The largest absolute Gasteiger partial charge is 0.496 e. The van der Waals surface area contributed by atoms with Gasteiger partial charge in [-0.1, -0.05) is 18.6 Å². The Morgan fingerprint density at radius 1 is 1.05 bits per heavy atom. The summed E-state index contributed by atoms with van der Waals surface area (Å²) in [6, 6.07) is 8.96. The molecule has 8 heteroatoms. The van der Waals surface area contributed by atoms with Gasteiger partial charge in [0.05, 0.1) is 7.11 Å². The first kappa shape index (κ1) is 28.9. The highest BCUT2D eigenvalue weighted by Crippen LogP contribution is 2.47. The SMILES string of the molecule is COc1cc(F)cc(F)c1CCCC1CCN(CC2CN(C(C)(C(=O)O)C3CC3)CC2c2cccc(F)c2)CC1. The van der Waals surface area contributed by atoms with Crippen molar-refractivity contribution in [3.8, 4) is 5.75 Å². The summed E-state index contributed by atoms with van der Waals surface area (Å²) in [4.78, 5) is 17.0. The first-order chi connectivity index (χ1) is 19.2. The van der Waals surface area contributed by atoms with Crippen LogP contribution < -0.4 is 4.74 Å². The molecule has 3 atom stereocenters. The highest BCUT2D eigenvalue weighted by atomic mass is 19.1. The Morgan fingerprint density at radius 3 is 2.45 bits per heavy atom. The summed E-state index contributed by atoms with van der Waals surface area (Å²) < 4.78 is 47.2. The van der Waals surface area contributed by atoms with Gasteiger partial charge in [0, 0.05) is 43.2 Å². The van der Waals surface area contributed by atoms with Gasteiger partial charge in [-0.2, -0.15) is 0 Å². The van der Waals surface area contributed by atoms with Crippen molar-refractivity contribution < 1.29 is 27.8 Å².